The summed E-state index contributed by atoms with van der Waals surface area (Å²) >= 11 is 0. The first kappa shape index (κ1) is 9.79. The van der Waals surface area contributed by atoms with Crippen molar-refractivity contribution in [1.82, 2.24) is 20.6 Å². The number of aryl methyl sites for hydroxylation is 1. The van der Waals surface area contributed by atoms with Gasteiger partial charge < -0.3 is 5.73 Å². The standard InChI is InChI=1S/C10H13N5/c1-6-4-3-5-8(7(6)2)9(11)10-12-14-15-13-10/h3-5,9H,11H2,1-2H3,(H,12,13,14,15). The molecule has 0 aliphatic rings. The van der Waals surface area contributed by atoms with E-state index in [1.54, 1.807) is 0 Å². The van der Waals surface area contributed by atoms with Crippen molar-refractivity contribution in [2.75, 3.05) is 0 Å². The number of nitrogens with two attached hydrogens (primary N) is 1. The fourth-order valence-electron chi connectivity index (χ4n) is 1.55. The Bertz CT molecular complexity index is 449. The maximum absolute atomic E-state index is 6.05. The molecular formula is C10H13N5. The SMILES string of the molecule is Cc1cccc(C(N)c2nn[nH]n2)c1C. The second-order valence-corrected chi connectivity index (χ2v) is 3.54. The van der Waals surface area contributed by atoms with Crippen molar-refractivity contribution in [2.45, 2.75) is 19.9 Å². The summed E-state index contributed by atoms with van der Waals surface area (Å²) in [6.07, 6.45) is 0. The predicted molar refractivity (Wildman–Crippen MR) is 56.1 cm³/mol. The highest BCUT2D eigenvalue weighted by Gasteiger charge is 2.15. The van der Waals surface area contributed by atoms with Crippen molar-refractivity contribution in [2.24, 2.45) is 5.73 Å². The molecule has 0 spiro atoms. The molecule has 0 saturated heterocycles. The molecule has 5 heteroatoms. The van der Waals surface area contributed by atoms with Gasteiger partial charge in [-0.25, -0.2) is 0 Å². The molecule has 0 aliphatic heterocycles. The zero-order valence-electron chi connectivity index (χ0n) is 8.73. The van der Waals surface area contributed by atoms with E-state index in [0.717, 1.165) is 5.56 Å². The quantitative estimate of drug-likeness (QED) is 0.758. The van der Waals surface area contributed by atoms with E-state index in [1.807, 2.05) is 19.1 Å². The van der Waals surface area contributed by atoms with Gasteiger partial charge >= 0.3 is 0 Å². The van der Waals surface area contributed by atoms with Crippen molar-refractivity contribution in [3.63, 3.8) is 0 Å². The third-order valence-electron chi connectivity index (χ3n) is 2.62. The lowest BCUT2D eigenvalue weighted by atomic mass is 9.98. The van der Waals surface area contributed by atoms with E-state index in [4.69, 9.17) is 5.73 Å². The summed E-state index contributed by atoms with van der Waals surface area (Å²) in [6, 6.07) is 5.71. The van der Waals surface area contributed by atoms with Gasteiger partial charge in [0, 0.05) is 0 Å². The fraction of sp³-hybridized carbons (Fsp3) is 0.300. The normalized spacial score (nSPS) is 12.7. The number of hydrogen-bond acceptors (Lipinski definition) is 4. The molecule has 0 amide bonds. The lowest BCUT2D eigenvalue weighted by molar-refractivity contribution is 0.778. The topological polar surface area (TPSA) is 80.5 Å². The number of nitrogens with one attached hydrogen (secondary N) is 1. The highest BCUT2D eigenvalue weighted by atomic mass is 15.5. The van der Waals surface area contributed by atoms with E-state index in [0.29, 0.717) is 5.82 Å². The minimum absolute atomic E-state index is 0.316. The summed E-state index contributed by atoms with van der Waals surface area (Å²) < 4.78 is 0. The lowest BCUT2D eigenvalue weighted by Crippen LogP contribution is -2.15. The van der Waals surface area contributed by atoms with E-state index in [9.17, 15) is 0 Å². The zero-order valence-corrected chi connectivity index (χ0v) is 8.73. The number of hydrogen-bond donors (Lipinski definition) is 2. The number of tetrazole rings is 1. The van der Waals surface area contributed by atoms with Gasteiger partial charge in [-0.3, -0.25) is 0 Å². The third kappa shape index (κ3) is 1.73. The van der Waals surface area contributed by atoms with Crippen LogP contribution in [0.5, 0.6) is 0 Å². The predicted octanol–water partition coefficient (Wildman–Crippen LogP) is 0.865. The van der Waals surface area contributed by atoms with E-state index < -0.39 is 0 Å². The fourth-order valence-corrected chi connectivity index (χ4v) is 1.55. The molecule has 1 heterocycles. The van der Waals surface area contributed by atoms with Gasteiger partial charge in [-0.05, 0) is 30.5 Å². The van der Waals surface area contributed by atoms with Crippen LogP contribution in [0.4, 0.5) is 0 Å². The van der Waals surface area contributed by atoms with E-state index in [2.05, 4.69) is 33.6 Å². The Morgan fingerprint density at radius 2 is 2.13 bits per heavy atom. The van der Waals surface area contributed by atoms with Crippen LogP contribution in [-0.2, 0) is 0 Å². The van der Waals surface area contributed by atoms with Crippen LogP contribution in [0.1, 0.15) is 28.6 Å². The van der Waals surface area contributed by atoms with Crippen molar-refractivity contribution in [3.8, 4) is 0 Å². The minimum atomic E-state index is -0.316. The average Bonchev–Trinajstić information content (AvgIpc) is 2.74. The molecule has 1 aromatic heterocycles. The van der Waals surface area contributed by atoms with Gasteiger partial charge in [0.1, 0.15) is 0 Å². The number of rotatable bonds is 2. The molecule has 0 bridgehead atoms. The zero-order chi connectivity index (χ0) is 10.8. The number of aromatic nitrogens is 4. The molecule has 1 unspecified atom stereocenters. The molecule has 0 aliphatic carbocycles. The van der Waals surface area contributed by atoms with Crippen molar-refractivity contribution < 1.29 is 0 Å². The number of H-pyrrole nitrogens is 1. The summed E-state index contributed by atoms with van der Waals surface area (Å²) in [7, 11) is 0. The van der Waals surface area contributed by atoms with Gasteiger partial charge in [0.15, 0.2) is 5.82 Å². The molecule has 78 valence electrons. The molecular weight excluding hydrogens is 190 g/mol. The van der Waals surface area contributed by atoms with Crippen LogP contribution in [0.25, 0.3) is 0 Å². The molecule has 1 atom stereocenters. The molecule has 0 saturated carbocycles. The van der Waals surface area contributed by atoms with Crippen LogP contribution in [0.15, 0.2) is 18.2 Å². The van der Waals surface area contributed by atoms with Crippen LogP contribution in [-0.4, -0.2) is 20.6 Å². The maximum atomic E-state index is 6.05. The van der Waals surface area contributed by atoms with Gasteiger partial charge in [0.05, 0.1) is 6.04 Å². The number of benzene rings is 1. The maximum Gasteiger partial charge on any atom is 0.195 e. The average molecular weight is 203 g/mol. The van der Waals surface area contributed by atoms with Gasteiger partial charge in [-0.15, -0.1) is 10.2 Å². The monoisotopic (exact) mass is 203 g/mol. The molecule has 5 nitrogen and oxygen atoms in total. The van der Waals surface area contributed by atoms with E-state index in [-0.39, 0.29) is 6.04 Å². The molecule has 15 heavy (non-hydrogen) atoms. The van der Waals surface area contributed by atoms with Gasteiger partial charge in [-0.1, -0.05) is 23.4 Å². The van der Waals surface area contributed by atoms with Crippen molar-refractivity contribution in [3.05, 3.63) is 40.7 Å². The third-order valence-corrected chi connectivity index (χ3v) is 2.62. The Morgan fingerprint density at radius 1 is 1.33 bits per heavy atom. The van der Waals surface area contributed by atoms with Crippen LogP contribution < -0.4 is 5.73 Å². The summed E-state index contributed by atoms with van der Waals surface area (Å²) in [6.45, 7) is 4.10. The smallest absolute Gasteiger partial charge is 0.195 e. The highest BCUT2D eigenvalue weighted by Crippen LogP contribution is 2.21. The lowest BCUT2D eigenvalue weighted by Gasteiger charge is -2.12. The number of aromatic amines is 1. The molecule has 1 aromatic carbocycles. The van der Waals surface area contributed by atoms with Crippen LogP contribution >= 0.6 is 0 Å². The van der Waals surface area contributed by atoms with Crippen molar-refractivity contribution in [1.29, 1.82) is 0 Å². The summed E-state index contributed by atoms with van der Waals surface area (Å²) in [5.74, 6) is 0.517. The van der Waals surface area contributed by atoms with E-state index >= 15 is 0 Å². The Labute approximate surface area is 87.7 Å². The molecule has 3 N–H and O–H groups in total. The molecule has 2 rings (SSSR count). The summed E-state index contributed by atoms with van der Waals surface area (Å²) in [5.41, 5.74) is 9.47. The second kappa shape index (κ2) is 3.78. The Morgan fingerprint density at radius 3 is 2.80 bits per heavy atom. The molecule has 0 fully saturated rings. The minimum Gasteiger partial charge on any atom is -0.318 e. The first-order chi connectivity index (χ1) is 7.20. The summed E-state index contributed by atoms with van der Waals surface area (Å²) in [4.78, 5) is 0. The van der Waals surface area contributed by atoms with Gasteiger partial charge in [-0.2, -0.15) is 5.21 Å². The largest absolute Gasteiger partial charge is 0.318 e. The Kier molecular flexibility index (Phi) is 2.47. The number of nitrogens with zero attached hydrogens (tertiary/aromatic N) is 3. The molecule has 0 radical (unpaired) electrons. The van der Waals surface area contributed by atoms with E-state index in [1.165, 1.54) is 11.1 Å². The summed E-state index contributed by atoms with van der Waals surface area (Å²) in [5, 5.41) is 13.7. The van der Waals surface area contributed by atoms with Crippen LogP contribution in [0, 0.1) is 13.8 Å². The van der Waals surface area contributed by atoms with Crippen molar-refractivity contribution >= 4 is 0 Å². The first-order valence-corrected chi connectivity index (χ1v) is 4.75. The van der Waals surface area contributed by atoms with Crippen LogP contribution in [0.3, 0.4) is 0 Å². The molecule has 2 aromatic rings. The second-order valence-electron chi connectivity index (χ2n) is 3.54. The van der Waals surface area contributed by atoms with Gasteiger partial charge in [0.25, 0.3) is 0 Å². The highest BCUT2D eigenvalue weighted by molar-refractivity contribution is 5.37. The van der Waals surface area contributed by atoms with Gasteiger partial charge in [0.2, 0.25) is 0 Å². The Balaban J connectivity index is 2.42. The first-order valence-electron chi connectivity index (χ1n) is 4.75. The van der Waals surface area contributed by atoms with Crippen LogP contribution in [0.2, 0.25) is 0 Å². The Hall–Kier alpha value is -1.75.